The topological polar surface area (TPSA) is 130 Å². The van der Waals surface area contributed by atoms with E-state index in [-0.39, 0.29) is 35.6 Å². The van der Waals surface area contributed by atoms with Gasteiger partial charge in [0.25, 0.3) is 0 Å². The summed E-state index contributed by atoms with van der Waals surface area (Å²) in [7, 11) is 0. The first-order chi connectivity index (χ1) is 8.99. The van der Waals surface area contributed by atoms with E-state index >= 15 is 0 Å². The Hall–Kier alpha value is -2.84. The van der Waals surface area contributed by atoms with Crippen LogP contribution in [0.3, 0.4) is 0 Å². The van der Waals surface area contributed by atoms with E-state index in [0.717, 1.165) is 6.20 Å². The second kappa shape index (κ2) is 4.80. The maximum absolute atomic E-state index is 11.2. The highest BCUT2D eigenvalue weighted by molar-refractivity contribution is 5.77. The molecule has 0 bridgehead atoms. The van der Waals surface area contributed by atoms with Crippen LogP contribution in [0.1, 0.15) is 12.7 Å². The van der Waals surface area contributed by atoms with Gasteiger partial charge in [0.05, 0.1) is 6.42 Å². The average Bonchev–Trinajstić information content (AvgIpc) is 2.71. The molecule has 2 aromatic rings. The van der Waals surface area contributed by atoms with Gasteiger partial charge in [0.2, 0.25) is 17.6 Å². The van der Waals surface area contributed by atoms with Crippen LogP contribution in [-0.4, -0.2) is 30.2 Å². The number of hydrogen-bond acceptors (Lipinski definition) is 7. The lowest BCUT2D eigenvalue weighted by atomic mass is 10.3. The van der Waals surface area contributed by atoms with Gasteiger partial charge < -0.3 is 15.8 Å². The summed E-state index contributed by atoms with van der Waals surface area (Å²) in [6.45, 7) is 1.37. The van der Waals surface area contributed by atoms with Crippen molar-refractivity contribution in [1.82, 2.24) is 19.5 Å². The highest BCUT2D eigenvalue weighted by Crippen LogP contribution is 2.20. The van der Waals surface area contributed by atoms with Crippen LogP contribution in [0.15, 0.2) is 18.5 Å². The molecule has 0 fully saturated rings. The number of aromatic nitrogens is 4. The van der Waals surface area contributed by atoms with Crippen LogP contribution in [0.25, 0.3) is 5.82 Å². The molecule has 0 saturated carbocycles. The van der Waals surface area contributed by atoms with Crippen molar-refractivity contribution >= 4 is 17.5 Å². The summed E-state index contributed by atoms with van der Waals surface area (Å²) in [6, 6.07) is 1.45. The van der Waals surface area contributed by atoms with Gasteiger partial charge in [-0.05, 0) is 11.8 Å². The molecule has 0 unspecified atom stereocenters. The molecule has 2 rings (SSSR count). The molecule has 9 nitrogen and oxygen atoms in total. The molecule has 0 aliphatic carbocycles. The van der Waals surface area contributed by atoms with Gasteiger partial charge in [0, 0.05) is 12.3 Å². The summed E-state index contributed by atoms with van der Waals surface area (Å²) in [5.74, 6) is -0.0300. The average molecular weight is 262 g/mol. The van der Waals surface area contributed by atoms with Gasteiger partial charge in [0.15, 0.2) is 0 Å². The third kappa shape index (κ3) is 2.54. The molecular weight excluding hydrogens is 252 g/mol. The first-order valence-electron chi connectivity index (χ1n) is 5.28. The van der Waals surface area contributed by atoms with Gasteiger partial charge in [-0.25, -0.2) is 9.97 Å². The van der Waals surface area contributed by atoms with Crippen LogP contribution in [0.4, 0.5) is 11.8 Å². The van der Waals surface area contributed by atoms with Crippen molar-refractivity contribution in [3.05, 3.63) is 34.4 Å². The standard InChI is InChI=1S/C10H10N6O3/c1-6(17)4-8-13-5-9(16(18)19)15(8)7-2-3-12-10(11)14-7/h2-3,5H,4H2,1H3,(H2,11,12,14). The Morgan fingerprint density at radius 3 is 2.84 bits per heavy atom. The number of nitro groups is 1. The van der Waals surface area contributed by atoms with E-state index in [1.54, 1.807) is 0 Å². The van der Waals surface area contributed by atoms with Crippen molar-refractivity contribution < 1.29 is 9.72 Å². The van der Waals surface area contributed by atoms with Gasteiger partial charge in [-0.2, -0.15) is 9.55 Å². The smallest absolute Gasteiger partial charge is 0.349 e. The predicted molar refractivity (Wildman–Crippen MR) is 64.6 cm³/mol. The van der Waals surface area contributed by atoms with Crippen molar-refractivity contribution in [1.29, 1.82) is 0 Å². The lowest BCUT2D eigenvalue weighted by Crippen LogP contribution is -2.11. The van der Waals surface area contributed by atoms with Gasteiger partial charge >= 0.3 is 5.82 Å². The lowest BCUT2D eigenvalue weighted by molar-refractivity contribution is -0.391. The molecule has 2 N–H and O–H groups in total. The van der Waals surface area contributed by atoms with E-state index in [4.69, 9.17) is 5.73 Å². The summed E-state index contributed by atoms with van der Waals surface area (Å²) in [5, 5.41) is 11.0. The summed E-state index contributed by atoms with van der Waals surface area (Å²) in [5.41, 5.74) is 5.45. The Morgan fingerprint density at radius 2 is 2.26 bits per heavy atom. The maximum Gasteiger partial charge on any atom is 0.349 e. The second-order valence-electron chi connectivity index (χ2n) is 3.78. The number of imidazole rings is 1. The Kier molecular flexibility index (Phi) is 3.19. The van der Waals surface area contributed by atoms with Gasteiger partial charge in [0.1, 0.15) is 12.0 Å². The van der Waals surface area contributed by atoms with Crippen LogP contribution >= 0.6 is 0 Å². The molecular formula is C10H10N6O3. The number of anilines is 1. The van der Waals surface area contributed by atoms with E-state index in [2.05, 4.69) is 15.0 Å². The van der Waals surface area contributed by atoms with Gasteiger partial charge in [-0.3, -0.25) is 4.79 Å². The SMILES string of the molecule is CC(=O)Cc1ncc([N+](=O)[O-])n1-c1ccnc(N)n1. The molecule has 9 heteroatoms. The minimum absolute atomic E-state index is 0.0192. The van der Waals surface area contributed by atoms with Crippen LogP contribution in [-0.2, 0) is 11.2 Å². The van der Waals surface area contributed by atoms with Crippen LogP contribution in [0, 0.1) is 10.1 Å². The van der Waals surface area contributed by atoms with Gasteiger partial charge in [-0.1, -0.05) is 0 Å². The fourth-order valence-corrected chi connectivity index (χ4v) is 1.59. The van der Waals surface area contributed by atoms with Crippen molar-refractivity contribution in [2.45, 2.75) is 13.3 Å². The molecule has 19 heavy (non-hydrogen) atoms. The second-order valence-corrected chi connectivity index (χ2v) is 3.78. The van der Waals surface area contributed by atoms with Crippen LogP contribution in [0.5, 0.6) is 0 Å². The first kappa shape index (κ1) is 12.6. The lowest BCUT2D eigenvalue weighted by Gasteiger charge is -2.02. The molecule has 0 atom stereocenters. The number of hydrogen-bond donors (Lipinski definition) is 1. The van der Waals surface area contributed by atoms with E-state index in [1.165, 1.54) is 23.8 Å². The minimum atomic E-state index is -0.602. The van der Waals surface area contributed by atoms with E-state index in [0.29, 0.717) is 0 Å². The molecule has 2 heterocycles. The number of nitrogens with zero attached hydrogens (tertiary/aromatic N) is 5. The van der Waals surface area contributed by atoms with Crippen LogP contribution in [0.2, 0.25) is 0 Å². The maximum atomic E-state index is 11.2. The van der Waals surface area contributed by atoms with Crippen molar-refractivity contribution in [2.75, 3.05) is 5.73 Å². The molecule has 0 saturated heterocycles. The normalized spacial score (nSPS) is 10.4. The molecule has 98 valence electrons. The Bertz CT molecular complexity index is 650. The summed E-state index contributed by atoms with van der Waals surface area (Å²) in [6.07, 6.45) is 2.42. The molecule has 0 spiro atoms. The molecule has 0 amide bonds. The number of rotatable bonds is 4. The van der Waals surface area contributed by atoms with E-state index in [1.807, 2.05) is 0 Å². The van der Waals surface area contributed by atoms with E-state index in [9.17, 15) is 14.9 Å². The number of ketones is 1. The first-order valence-corrected chi connectivity index (χ1v) is 5.28. The Morgan fingerprint density at radius 1 is 1.53 bits per heavy atom. The Balaban J connectivity index is 2.61. The predicted octanol–water partition coefficient (Wildman–Crippen LogP) is 0.284. The zero-order valence-corrected chi connectivity index (χ0v) is 9.98. The number of nitrogen functional groups attached to an aromatic ring is 1. The van der Waals surface area contributed by atoms with Crippen LogP contribution < -0.4 is 5.73 Å². The molecule has 0 aliphatic rings. The summed E-state index contributed by atoms with van der Waals surface area (Å²) in [4.78, 5) is 33.0. The monoisotopic (exact) mass is 262 g/mol. The third-order valence-corrected chi connectivity index (χ3v) is 2.30. The molecule has 2 aromatic heterocycles. The zero-order valence-electron chi connectivity index (χ0n) is 9.98. The quantitative estimate of drug-likeness (QED) is 0.618. The zero-order chi connectivity index (χ0) is 14.0. The highest BCUT2D eigenvalue weighted by atomic mass is 16.6. The number of nitrogens with two attached hydrogens (primary N) is 1. The largest absolute Gasteiger partial charge is 0.368 e. The summed E-state index contributed by atoms with van der Waals surface area (Å²) >= 11 is 0. The number of carbonyl (C=O) groups is 1. The summed E-state index contributed by atoms with van der Waals surface area (Å²) < 4.78 is 1.18. The molecule has 0 aliphatic heterocycles. The molecule has 0 radical (unpaired) electrons. The molecule has 0 aromatic carbocycles. The van der Waals surface area contributed by atoms with Crippen molar-refractivity contribution in [3.63, 3.8) is 0 Å². The fourth-order valence-electron chi connectivity index (χ4n) is 1.59. The van der Waals surface area contributed by atoms with Crippen molar-refractivity contribution in [3.8, 4) is 5.82 Å². The highest BCUT2D eigenvalue weighted by Gasteiger charge is 2.24. The van der Waals surface area contributed by atoms with Gasteiger partial charge in [-0.15, -0.1) is 0 Å². The Labute approximate surface area is 107 Å². The number of carbonyl (C=O) groups excluding carboxylic acids is 1. The minimum Gasteiger partial charge on any atom is -0.368 e. The fraction of sp³-hybridized carbons (Fsp3) is 0.200. The number of Topliss-reactive ketones (excluding diaryl/α,β-unsaturated/α-hetero) is 1. The van der Waals surface area contributed by atoms with E-state index < -0.39 is 4.92 Å². The third-order valence-electron chi connectivity index (χ3n) is 2.30. The van der Waals surface area contributed by atoms with Crippen molar-refractivity contribution in [2.24, 2.45) is 0 Å².